The molecule has 3 heteroatoms. The van der Waals surface area contributed by atoms with Gasteiger partial charge in [-0.15, -0.1) is 0 Å². The average molecular weight is 894 g/mol. The molecule has 11 rings (SSSR count). The molecule has 0 saturated heterocycles. The van der Waals surface area contributed by atoms with Crippen LogP contribution in [0.2, 0.25) is 0 Å². The summed E-state index contributed by atoms with van der Waals surface area (Å²) in [5.74, 6) is 0.810. The first-order valence-electron chi connectivity index (χ1n) is 24.8. The molecule has 336 valence electrons. The number of fused-ring (bicyclic) bond motifs is 1. The van der Waals surface area contributed by atoms with Gasteiger partial charge in [0.15, 0.2) is 5.71 Å². The summed E-state index contributed by atoms with van der Waals surface area (Å²) in [5.41, 5.74) is 22.7. The minimum Gasteiger partial charge on any atom is -0.464 e. The van der Waals surface area contributed by atoms with Gasteiger partial charge in [0.05, 0.1) is 11.8 Å². The van der Waals surface area contributed by atoms with Gasteiger partial charge in [-0.2, -0.15) is 4.58 Å². The summed E-state index contributed by atoms with van der Waals surface area (Å²) in [7, 11) is 0. The van der Waals surface area contributed by atoms with Gasteiger partial charge < -0.3 is 9.64 Å². The van der Waals surface area contributed by atoms with Crippen molar-refractivity contribution in [3.8, 4) is 50.3 Å². The standard InChI is InChI=1S/C66H57N2O/c1-3-4-7-25-64-63-22-12-13-26-65(63)68(64)60-39-29-51(30-40-60)50-27-35-57(36-28-50)67(59-41-33-53(34-42-59)62-24-16-23-61-47(2)17-14-15-43-69-66(61)62)58-37-31-52(32-38-58)56-45-54(48-18-8-5-9-19-48)44-55(46-56)49-20-10-6-11-21-49/h5,8-10,13-21,23-24,26-46H,2-4,6-7,11-12,22,25H2,1H3/q+1/b17-14-,43-15-. The maximum atomic E-state index is 6.22. The highest BCUT2D eigenvalue weighted by atomic mass is 16.5. The fourth-order valence-corrected chi connectivity index (χ4v) is 10.3. The van der Waals surface area contributed by atoms with Crippen molar-refractivity contribution >= 4 is 39.6 Å². The zero-order chi connectivity index (χ0) is 46.5. The molecule has 2 aliphatic carbocycles. The molecule has 4 aliphatic rings. The Hall–Kier alpha value is -8.01. The normalized spacial score (nSPS) is 15.8. The van der Waals surface area contributed by atoms with Gasteiger partial charge in [-0.3, -0.25) is 0 Å². The van der Waals surface area contributed by atoms with Crippen LogP contribution in [0, 0.1) is 0 Å². The Labute approximate surface area is 408 Å². The number of nitrogens with zero attached hydrogens (tertiary/aromatic N) is 2. The van der Waals surface area contributed by atoms with Crippen molar-refractivity contribution in [1.29, 1.82) is 0 Å². The van der Waals surface area contributed by atoms with Crippen molar-refractivity contribution < 1.29 is 9.31 Å². The predicted octanol–water partition coefficient (Wildman–Crippen LogP) is 18.3. The summed E-state index contributed by atoms with van der Waals surface area (Å²) in [4.78, 5) is 2.36. The maximum absolute atomic E-state index is 6.22. The van der Waals surface area contributed by atoms with Crippen LogP contribution in [0.25, 0.3) is 55.7 Å². The van der Waals surface area contributed by atoms with E-state index in [2.05, 4.69) is 217 Å². The minimum absolute atomic E-state index is 0.810. The smallest absolute Gasteiger partial charge is 0.220 e. The van der Waals surface area contributed by atoms with Gasteiger partial charge in [-0.05, 0) is 161 Å². The number of para-hydroxylation sites is 1. The number of hydrogen-bond acceptors (Lipinski definition) is 2. The van der Waals surface area contributed by atoms with E-state index in [0.29, 0.717) is 0 Å². The molecule has 7 aromatic carbocycles. The van der Waals surface area contributed by atoms with Crippen molar-refractivity contribution in [2.75, 3.05) is 4.90 Å². The second-order valence-electron chi connectivity index (χ2n) is 18.4. The Kier molecular flexibility index (Phi) is 12.4. The van der Waals surface area contributed by atoms with Gasteiger partial charge in [0.1, 0.15) is 5.75 Å². The summed E-state index contributed by atoms with van der Waals surface area (Å²) in [5, 5.41) is 0. The molecule has 69 heavy (non-hydrogen) atoms. The highest BCUT2D eigenvalue weighted by Crippen LogP contribution is 2.43. The summed E-state index contributed by atoms with van der Waals surface area (Å²) in [6, 6.07) is 60.1. The average Bonchev–Trinajstić information content (AvgIpc) is 3.40. The largest absolute Gasteiger partial charge is 0.464 e. The van der Waals surface area contributed by atoms with Crippen molar-refractivity contribution in [1.82, 2.24) is 0 Å². The molecular weight excluding hydrogens is 837 g/mol. The fourth-order valence-electron chi connectivity index (χ4n) is 10.3. The van der Waals surface area contributed by atoms with E-state index in [0.717, 1.165) is 77.2 Å². The lowest BCUT2D eigenvalue weighted by Gasteiger charge is -2.26. The monoisotopic (exact) mass is 893 g/mol. The van der Waals surface area contributed by atoms with E-state index < -0.39 is 0 Å². The minimum atomic E-state index is 0.810. The summed E-state index contributed by atoms with van der Waals surface area (Å²) in [6.45, 7) is 6.60. The van der Waals surface area contributed by atoms with Gasteiger partial charge in [0.2, 0.25) is 11.4 Å². The van der Waals surface area contributed by atoms with Crippen LogP contribution in [0.15, 0.2) is 237 Å². The number of allylic oxidation sites excluding steroid dienone is 11. The van der Waals surface area contributed by atoms with Crippen molar-refractivity contribution in [3.05, 3.63) is 248 Å². The molecule has 0 N–H and O–H groups in total. The number of benzene rings is 7. The first-order valence-corrected chi connectivity index (χ1v) is 24.8. The molecule has 0 atom stereocenters. The molecule has 0 radical (unpaired) electrons. The zero-order valence-electron chi connectivity index (χ0n) is 39.5. The summed E-state index contributed by atoms with van der Waals surface area (Å²) < 4.78 is 8.72. The third-order valence-corrected chi connectivity index (χ3v) is 13.9. The third-order valence-electron chi connectivity index (χ3n) is 13.9. The van der Waals surface area contributed by atoms with Gasteiger partial charge >= 0.3 is 0 Å². The summed E-state index contributed by atoms with van der Waals surface area (Å²) in [6.07, 6.45) is 28.6. The molecule has 0 bridgehead atoms. The van der Waals surface area contributed by atoms with Crippen LogP contribution < -0.4 is 9.64 Å². The maximum Gasteiger partial charge on any atom is 0.220 e. The molecule has 0 saturated carbocycles. The molecule has 2 heterocycles. The van der Waals surface area contributed by atoms with E-state index in [4.69, 9.17) is 4.74 Å². The number of ether oxygens (including phenoxy) is 1. The van der Waals surface area contributed by atoms with E-state index in [1.807, 2.05) is 18.2 Å². The lowest BCUT2D eigenvalue weighted by atomic mass is 9.88. The van der Waals surface area contributed by atoms with Gasteiger partial charge in [0, 0.05) is 52.8 Å². The van der Waals surface area contributed by atoms with Crippen LogP contribution in [0.5, 0.6) is 5.75 Å². The zero-order valence-corrected chi connectivity index (χ0v) is 39.5. The Morgan fingerprint density at radius 3 is 1.81 bits per heavy atom. The van der Waals surface area contributed by atoms with E-state index in [1.54, 1.807) is 11.8 Å². The third kappa shape index (κ3) is 8.97. The number of rotatable bonds is 13. The van der Waals surface area contributed by atoms with E-state index in [9.17, 15) is 0 Å². The van der Waals surface area contributed by atoms with E-state index in [-0.39, 0.29) is 0 Å². The first-order chi connectivity index (χ1) is 34.1. The molecule has 0 spiro atoms. The molecule has 0 aromatic heterocycles. The van der Waals surface area contributed by atoms with Crippen molar-refractivity contribution in [2.45, 2.75) is 58.3 Å². The number of hydrogen-bond donors (Lipinski definition) is 0. The Morgan fingerprint density at radius 2 is 1.14 bits per heavy atom. The molecule has 2 aliphatic heterocycles. The molecule has 3 nitrogen and oxygen atoms in total. The molecule has 0 amide bonds. The predicted molar refractivity (Wildman–Crippen MR) is 292 cm³/mol. The van der Waals surface area contributed by atoms with Crippen LogP contribution in [-0.4, -0.2) is 10.3 Å². The lowest BCUT2D eigenvalue weighted by Crippen LogP contribution is -2.31. The lowest BCUT2D eigenvalue weighted by molar-refractivity contribution is -0.394. The van der Waals surface area contributed by atoms with Crippen LogP contribution in [-0.2, 0) is 0 Å². The number of anilines is 3. The fraction of sp³-hybridized carbons (Fsp3) is 0.136. The second-order valence-corrected chi connectivity index (χ2v) is 18.4. The van der Waals surface area contributed by atoms with Gasteiger partial charge in [0.25, 0.3) is 0 Å². The van der Waals surface area contributed by atoms with Crippen LogP contribution in [0.4, 0.5) is 22.7 Å². The van der Waals surface area contributed by atoms with Crippen LogP contribution >= 0.6 is 0 Å². The van der Waals surface area contributed by atoms with Crippen LogP contribution in [0.3, 0.4) is 0 Å². The molecule has 0 fully saturated rings. The van der Waals surface area contributed by atoms with Crippen molar-refractivity contribution in [3.63, 3.8) is 0 Å². The summed E-state index contributed by atoms with van der Waals surface area (Å²) >= 11 is 0. The Bertz CT molecular complexity index is 3260. The highest BCUT2D eigenvalue weighted by molar-refractivity contribution is 6.02. The topological polar surface area (TPSA) is 15.5 Å². The number of unbranched alkanes of at least 4 members (excludes halogenated alkanes) is 2. The van der Waals surface area contributed by atoms with E-state index in [1.165, 1.54) is 80.9 Å². The highest BCUT2D eigenvalue weighted by Gasteiger charge is 2.39. The molecule has 7 aromatic rings. The van der Waals surface area contributed by atoms with E-state index >= 15 is 0 Å². The van der Waals surface area contributed by atoms with Crippen molar-refractivity contribution in [2.24, 2.45) is 0 Å². The van der Waals surface area contributed by atoms with Crippen LogP contribution in [0.1, 0.15) is 69.4 Å². The van der Waals surface area contributed by atoms with Gasteiger partial charge in [-0.25, -0.2) is 0 Å². The Morgan fingerprint density at radius 1 is 0.536 bits per heavy atom. The molecular formula is C66H57N2O+. The quantitative estimate of drug-likeness (QED) is 0.0847. The SMILES string of the molecule is C=C1/C=C\C=C/Oc2c1cccc2-c1ccc(N(c2ccc(-c3ccc([N+]4=C(CCCCC)C5=C4C=CCC5)cc3)cc2)c2ccc(-c3cc(C4=CCCC=C4)cc(-c4ccccc4)c3)cc2)cc1. The van der Waals surface area contributed by atoms with Gasteiger partial charge in [-0.1, -0.05) is 148 Å². The second kappa shape index (κ2) is 19.7. The molecule has 0 unspecified atom stereocenters. The Balaban J connectivity index is 0.936. The first kappa shape index (κ1) is 43.6.